The second kappa shape index (κ2) is 10.4. The summed E-state index contributed by atoms with van der Waals surface area (Å²) in [5.41, 5.74) is 6.78. The van der Waals surface area contributed by atoms with Crippen LogP contribution in [-0.4, -0.2) is 40.0 Å². The number of carbonyl (C=O) groups is 3. The number of ketones is 1. The molecule has 2 aromatic heterocycles. The second-order valence-corrected chi connectivity index (χ2v) is 9.72. The van der Waals surface area contributed by atoms with Gasteiger partial charge in [-0.1, -0.05) is 32.4 Å². The fraction of sp³-hybridized carbons (Fsp3) is 0.192. The Hall–Kier alpha value is -4.64. The number of ether oxygens (including phenoxy) is 2. The van der Waals surface area contributed by atoms with E-state index in [-0.39, 0.29) is 27.5 Å². The number of aromatic nitrogens is 3. The number of benzene rings is 2. The minimum absolute atomic E-state index is 0.0199. The largest absolute Gasteiger partial charge is 0.496 e. The predicted octanol–water partition coefficient (Wildman–Crippen LogP) is 5.02. The Labute approximate surface area is 222 Å². The molecule has 0 bridgehead atoms. The van der Waals surface area contributed by atoms with Gasteiger partial charge >= 0.3 is 6.03 Å². The molecule has 0 aliphatic carbocycles. The van der Waals surface area contributed by atoms with Crippen LogP contribution < -0.4 is 25.8 Å². The number of amides is 3. The van der Waals surface area contributed by atoms with Gasteiger partial charge in [0, 0.05) is 40.5 Å². The molecule has 0 saturated heterocycles. The van der Waals surface area contributed by atoms with Crippen LogP contribution in [0, 0.1) is 0 Å². The van der Waals surface area contributed by atoms with Crippen LogP contribution >= 0.6 is 11.6 Å². The van der Waals surface area contributed by atoms with Crippen LogP contribution in [0.3, 0.4) is 0 Å². The summed E-state index contributed by atoms with van der Waals surface area (Å²) in [4.78, 5) is 40.5. The third kappa shape index (κ3) is 5.68. The molecule has 0 spiro atoms. The number of nitrogens with one attached hydrogen (secondary N) is 3. The number of aromatic amines is 1. The highest BCUT2D eigenvalue weighted by molar-refractivity contribution is 6.43. The quantitative estimate of drug-likeness (QED) is 0.190. The van der Waals surface area contributed by atoms with E-state index in [0.717, 1.165) is 5.69 Å². The number of halogens is 1. The third-order valence-electron chi connectivity index (χ3n) is 5.53. The van der Waals surface area contributed by atoms with Gasteiger partial charge in [0.1, 0.15) is 17.2 Å². The van der Waals surface area contributed by atoms with E-state index in [4.69, 9.17) is 26.8 Å². The first kappa shape index (κ1) is 26.4. The molecule has 0 fully saturated rings. The van der Waals surface area contributed by atoms with E-state index >= 15 is 0 Å². The van der Waals surface area contributed by atoms with E-state index in [1.54, 1.807) is 24.3 Å². The van der Waals surface area contributed by atoms with Gasteiger partial charge in [0.05, 0.1) is 23.2 Å². The van der Waals surface area contributed by atoms with Crippen molar-refractivity contribution >= 4 is 51.7 Å². The van der Waals surface area contributed by atoms with Gasteiger partial charge in [-0.25, -0.2) is 4.79 Å². The van der Waals surface area contributed by atoms with Crippen LogP contribution in [0.5, 0.6) is 17.2 Å². The maximum absolute atomic E-state index is 12.4. The highest BCUT2D eigenvalue weighted by Gasteiger charge is 2.21. The first-order valence-corrected chi connectivity index (χ1v) is 11.8. The minimum atomic E-state index is -1.12. The number of nitrogens with two attached hydrogens (primary N) is 1. The molecule has 2 aromatic carbocycles. The summed E-state index contributed by atoms with van der Waals surface area (Å²) >= 11 is 6.43. The van der Waals surface area contributed by atoms with Crippen molar-refractivity contribution in [2.45, 2.75) is 26.2 Å². The Morgan fingerprint density at radius 1 is 1.00 bits per heavy atom. The van der Waals surface area contributed by atoms with E-state index in [9.17, 15) is 14.4 Å². The molecular weight excluding hydrogens is 512 g/mol. The highest BCUT2D eigenvalue weighted by atomic mass is 35.5. The molecule has 2 heterocycles. The van der Waals surface area contributed by atoms with E-state index < -0.39 is 17.7 Å². The van der Waals surface area contributed by atoms with Gasteiger partial charge in [0.15, 0.2) is 5.82 Å². The average Bonchev–Trinajstić information content (AvgIpc) is 3.33. The van der Waals surface area contributed by atoms with Crippen LogP contribution in [0.25, 0.3) is 10.9 Å². The molecule has 3 amide bonds. The number of hydrogen-bond donors (Lipinski definition) is 4. The standard InChI is InChI=1S/C26H25ClN6O5/c1-26(2,3)21-12-22(33-32-21)31-25(36)30-13-5-6-19(16(27)9-13)38-18-7-8-29-17-11-20(37-4)15(10-14(17)18)23(34)24(28)35/h5-12H,1-4H3,(H2,28,35)(H3,30,31,32,33,36). The molecule has 11 nitrogen and oxygen atoms in total. The van der Waals surface area contributed by atoms with Crippen molar-refractivity contribution in [2.24, 2.45) is 5.73 Å². The summed E-state index contributed by atoms with van der Waals surface area (Å²) in [7, 11) is 1.37. The van der Waals surface area contributed by atoms with Gasteiger partial charge in [-0.05, 0) is 30.3 Å². The van der Waals surface area contributed by atoms with Gasteiger partial charge in [-0.3, -0.25) is 25.0 Å². The van der Waals surface area contributed by atoms with E-state index in [1.807, 2.05) is 20.8 Å². The second-order valence-electron chi connectivity index (χ2n) is 9.32. The molecule has 196 valence electrons. The Kier molecular flexibility index (Phi) is 7.22. The zero-order chi connectivity index (χ0) is 27.6. The molecule has 0 saturated carbocycles. The normalized spacial score (nSPS) is 11.2. The molecule has 0 aliphatic heterocycles. The molecule has 38 heavy (non-hydrogen) atoms. The number of H-pyrrole nitrogens is 1. The predicted molar refractivity (Wildman–Crippen MR) is 143 cm³/mol. The van der Waals surface area contributed by atoms with Crippen molar-refractivity contribution in [3.8, 4) is 17.2 Å². The molecule has 0 atom stereocenters. The monoisotopic (exact) mass is 536 g/mol. The topological polar surface area (TPSA) is 161 Å². The van der Waals surface area contributed by atoms with Crippen molar-refractivity contribution in [3.05, 3.63) is 64.9 Å². The first-order chi connectivity index (χ1) is 18.0. The molecule has 0 radical (unpaired) electrons. The molecule has 0 unspecified atom stereocenters. The molecule has 5 N–H and O–H groups in total. The lowest BCUT2D eigenvalue weighted by molar-refractivity contribution is -0.114. The van der Waals surface area contributed by atoms with Crippen LogP contribution in [0.1, 0.15) is 36.8 Å². The SMILES string of the molecule is COc1cc2nccc(Oc3ccc(NC(=O)Nc4cc(C(C)(C)C)[nH]n4)cc3Cl)c2cc1C(=O)C(N)=O. The molecule has 4 aromatic rings. The zero-order valence-electron chi connectivity index (χ0n) is 21.0. The number of Topliss-reactive ketones (excluding diaryl/α,β-unsaturated/α-hetero) is 1. The molecule has 0 aliphatic rings. The number of primary amides is 1. The molecular formula is C26H25ClN6O5. The highest BCUT2D eigenvalue weighted by Crippen LogP contribution is 2.37. The lowest BCUT2D eigenvalue weighted by atomic mass is 9.92. The summed E-state index contributed by atoms with van der Waals surface area (Å²) in [6.07, 6.45) is 1.51. The maximum atomic E-state index is 12.4. The Morgan fingerprint density at radius 2 is 1.76 bits per heavy atom. The summed E-state index contributed by atoms with van der Waals surface area (Å²) in [5.74, 6) is -0.882. The number of anilines is 2. The number of hydrogen-bond acceptors (Lipinski definition) is 7. The number of methoxy groups -OCH3 is 1. The Balaban J connectivity index is 1.54. The smallest absolute Gasteiger partial charge is 0.324 e. The van der Waals surface area contributed by atoms with Gasteiger partial charge in [0.2, 0.25) is 0 Å². The fourth-order valence-electron chi connectivity index (χ4n) is 3.54. The van der Waals surface area contributed by atoms with Crippen molar-refractivity contribution in [1.82, 2.24) is 15.2 Å². The zero-order valence-corrected chi connectivity index (χ0v) is 21.8. The van der Waals surface area contributed by atoms with E-state index in [2.05, 4.69) is 25.8 Å². The van der Waals surface area contributed by atoms with Crippen LogP contribution in [0.4, 0.5) is 16.3 Å². The molecule has 4 rings (SSSR count). The fourth-order valence-corrected chi connectivity index (χ4v) is 3.76. The summed E-state index contributed by atoms with van der Waals surface area (Å²) < 4.78 is 11.2. The van der Waals surface area contributed by atoms with Gasteiger partial charge in [-0.2, -0.15) is 5.10 Å². The van der Waals surface area contributed by atoms with Crippen molar-refractivity contribution in [3.63, 3.8) is 0 Å². The van der Waals surface area contributed by atoms with Crippen molar-refractivity contribution in [2.75, 3.05) is 17.7 Å². The number of rotatable bonds is 7. The van der Waals surface area contributed by atoms with Crippen LogP contribution in [-0.2, 0) is 10.2 Å². The lowest BCUT2D eigenvalue weighted by Crippen LogP contribution is -2.23. The van der Waals surface area contributed by atoms with Crippen LogP contribution in [0.15, 0.2) is 48.7 Å². The summed E-state index contributed by atoms with van der Waals surface area (Å²) in [5, 5.41) is 13.0. The number of pyridine rings is 1. The van der Waals surface area contributed by atoms with Gasteiger partial charge in [0.25, 0.3) is 11.7 Å². The van der Waals surface area contributed by atoms with Crippen molar-refractivity contribution < 1.29 is 23.9 Å². The Bertz CT molecular complexity index is 1560. The maximum Gasteiger partial charge on any atom is 0.324 e. The number of nitrogens with zero attached hydrogens (tertiary/aromatic N) is 2. The summed E-state index contributed by atoms with van der Waals surface area (Å²) in [6.45, 7) is 6.09. The third-order valence-corrected chi connectivity index (χ3v) is 5.82. The van der Waals surface area contributed by atoms with Crippen LogP contribution in [0.2, 0.25) is 5.02 Å². The van der Waals surface area contributed by atoms with Gasteiger partial charge < -0.3 is 20.5 Å². The average molecular weight is 537 g/mol. The number of fused-ring (bicyclic) bond motifs is 1. The number of carbonyl (C=O) groups excluding carboxylic acids is 3. The van der Waals surface area contributed by atoms with E-state index in [1.165, 1.54) is 31.5 Å². The van der Waals surface area contributed by atoms with Crippen molar-refractivity contribution in [1.29, 1.82) is 0 Å². The molecule has 12 heteroatoms. The van der Waals surface area contributed by atoms with E-state index in [0.29, 0.717) is 28.2 Å². The van der Waals surface area contributed by atoms with Gasteiger partial charge in [-0.15, -0.1) is 0 Å². The number of urea groups is 1. The minimum Gasteiger partial charge on any atom is -0.496 e. The summed E-state index contributed by atoms with van der Waals surface area (Å²) in [6, 6.07) is 10.5. The first-order valence-electron chi connectivity index (χ1n) is 11.4. The lowest BCUT2D eigenvalue weighted by Gasteiger charge is -2.14. The Morgan fingerprint density at radius 3 is 2.39 bits per heavy atom.